The van der Waals surface area contributed by atoms with Crippen molar-refractivity contribution in [3.05, 3.63) is 84.2 Å². The van der Waals surface area contributed by atoms with Crippen molar-refractivity contribution >= 4 is 29.9 Å². The fraction of sp³-hybridized carbons (Fsp3) is 0.261. The van der Waals surface area contributed by atoms with Crippen LogP contribution in [-0.2, 0) is 0 Å². The fourth-order valence-electron chi connectivity index (χ4n) is 4.53. The van der Waals surface area contributed by atoms with Gasteiger partial charge in [-0.15, -0.1) is 12.4 Å². The number of hydrogen-bond donors (Lipinski definition) is 2. The number of para-hydroxylation sites is 1. The summed E-state index contributed by atoms with van der Waals surface area (Å²) in [5, 5.41) is 6.63. The zero-order chi connectivity index (χ0) is 19.6. The van der Waals surface area contributed by atoms with E-state index in [-0.39, 0.29) is 24.4 Å². The van der Waals surface area contributed by atoms with Gasteiger partial charge in [0, 0.05) is 43.6 Å². The Morgan fingerprint density at radius 1 is 0.967 bits per heavy atom. The Morgan fingerprint density at radius 3 is 2.33 bits per heavy atom. The van der Waals surface area contributed by atoms with Gasteiger partial charge in [0.15, 0.2) is 0 Å². The molecule has 0 spiro atoms. The SMILES string of the molecule is Cl.O=C(c1cnc(Nc2ccccc2)nc1)N1C[C@@H]2CNC[C@@H]2[C@@H]1c1ccccc1. The van der Waals surface area contributed by atoms with Crippen LogP contribution >= 0.6 is 12.4 Å². The number of carbonyl (C=O) groups is 1. The van der Waals surface area contributed by atoms with E-state index in [9.17, 15) is 4.79 Å². The van der Waals surface area contributed by atoms with Crippen LogP contribution in [0.5, 0.6) is 0 Å². The van der Waals surface area contributed by atoms with Gasteiger partial charge in [0.1, 0.15) is 0 Å². The van der Waals surface area contributed by atoms with Crippen LogP contribution in [0.3, 0.4) is 0 Å². The number of amides is 1. The first-order valence-corrected chi connectivity index (χ1v) is 10.0. The Hall–Kier alpha value is -2.96. The zero-order valence-corrected chi connectivity index (χ0v) is 17.3. The van der Waals surface area contributed by atoms with Crippen LogP contribution in [-0.4, -0.2) is 40.4 Å². The second-order valence-corrected chi connectivity index (χ2v) is 7.68. The lowest BCUT2D eigenvalue weighted by Gasteiger charge is -2.28. The summed E-state index contributed by atoms with van der Waals surface area (Å²) >= 11 is 0. The molecule has 1 aromatic heterocycles. The Labute approximate surface area is 182 Å². The number of aromatic nitrogens is 2. The molecule has 6 nitrogen and oxygen atoms in total. The molecule has 3 aromatic rings. The van der Waals surface area contributed by atoms with Gasteiger partial charge < -0.3 is 15.5 Å². The van der Waals surface area contributed by atoms with E-state index in [1.54, 1.807) is 12.4 Å². The van der Waals surface area contributed by atoms with Gasteiger partial charge in [-0.3, -0.25) is 4.79 Å². The van der Waals surface area contributed by atoms with Crippen LogP contribution in [0.4, 0.5) is 11.6 Å². The summed E-state index contributed by atoms with van der Waals surface area (Å²) in [6.07, 6.45) is 3.24. The van der Waals surface area contributed by atoms with Crippen LogP contribution < -0.4 is 10.6 Å². The van der Waals surface area contributed by atoms with Crippen molar-refractivity contribution in [3.63, 3.8) is 0 Å². The fourth-order valence-corrected chi connectivity index (χ4v) is 4.53. The predicted molar refractivity (Wildman–Crippen MR) is 119 cm³/mol. The Bertz CT molecular complexity index is 983. The van der Waals surface area contributed by atoms with E-state index in [1.165, 1.54) is 5.56 Å². The minimum atomic E-state index is -0.000450. The van der Waals surface area contributed by atoms with Gasteiger partial charge in [0.25, 0.3) is 5.91 Å². The van der Waals surface area contributed by atoms with Gasteiger partial charge in [-0.2, -0.15) is 0 Å². The van der Waals surface area contributed by atoms with Crippen molar-refractivity contribution in [2.45, 2.75) is 6.04 Å². The summed E-state index contributed by atoms with van der Waals surface area (Å²) in [5.74, 6) is 1.42. The zero-order valence-electron chi connectivity index (χ0n) is 16.4. The van der Waals surface area contributed by atoms with E-state index in [0.29, 0.717) is 23.3 Å². The Balaban J connectivity index is 0.00000218. The Morgan fingerprint density at radius 2 is 1.63 bits per heavy atom. The lowest BCUT2D eigenvalue weighted by Crippen LogP contribution is -2.34. The standard InChI is InChI=1S/C23H23N5O.ClH/c29-22(17-12-25-23(26-13-17)27-19-9-5-2-6-10-19)28-15-18-11-24-14-20(18)21(28)16-7-3-1-4-8-16;/h1-10,12-13,18,20-21,24H,11,14-15H2,(H,25,26,27);1H/t18-,20-,21-;/m0./s1. The first kappa shape index (κ1) is 20.3. The number of hydrogen-bond acceptors (Lipinski definition) is 5. The molecular weight excluding hydrogens is 398 g/mol. The summed E-state index contributed by atoms with van der Waals surface area (Å²) in [7, 11) is 0. The van der Waals surface area contributed by atoms with Crippen LogP contribution in [0, 0.1) is 11.8 Å². The molecule has 0 unspecified atom stereocenters. The number of likely N-dealkylation sites (tertiary alicyclic amines) is 1. The molecule has 3 heterocycles. The van der Waals surface area contributed by atoms with Crippen LogP contribution in [0.25, 0.3) is 0 Å². The second-order valence-electron chi connectivity index (χ2n) is 7.68. The highest BCUT2D eigenvalue weighted by atomic mass is 35.5. The molecule has 2 fully saturated rings. The first-order chi connectivity index (χ1) is 14.3. The maximum absolute atomic E-state index is 13.3. The van der Waals surface area contributed by atoms with Crippen LogP contribution in [0.2, 0.25) is 0 Å². The lowest BCUT2D eigenvalue weighted by molar-refractivity contribution is 0.0713. The van der Waals surface area contributed by atoms with Crippen LogP contribution in [0.1, 0.15) is 22.0 Å². The molecule has 2 aliphatic rings. The molecule has 0 saturated carbocycles. The molecule has 7 heteroatoms. The summed E-state index contributed by atoms with van der Waals surface area (Å²) < 4.78 is 0. The minimum absolute atomic E-state index is 0. The molecular formula is C23H24ClN5O. The number of nitrogens with one attached hydrogen (secondary N) is 2. The monoisotopic (exact) mass is 421 g/mol. The van der Waals surface area contributed by atoms with Crippen LogP contribution in [0.15, 0.2) is 73.1 Å². The van der Waals surface area contributed by atoms with Crippen molar-refractivity contribution in [3.8, 4) is 0 Å². The highest BCUT2D eigenvalue weighted by molar-refractivity contribution is 5.94. The van der Waals surface area contributed by atoms with Crippen molar-refractivity contribution in [2.75, 3.05) is 25.0 Å². The molecule has 2 N–H and O–H groups in total. The average Bonchev–Trinajstić information content (AvgIpc) is 3.36. The van der Waals surface area contributed by atoms with Crippen molar-refractivity contribution in [1.82, 2.24) is 20.2 Å². The Kier molecular flexibility index (Phi) is 5.97. The van der Waals surface area contributed by atoms with Gasteiger partial charge in [0.2, 0.25) is 5.95 Å². The molecule has 0 aliphatic carbocycles. The highest BCUT2D eigenvalue weighted by Crippen LogP contribution is 2.43. The maximum atomic E-state index is 13.3. The van der Waals surface area contributed by atoms with Crippen molar-refractivity contribution in [1.29, 1.82) is 0 Å². The van der Waals surface area contributed by atoms with E-state index in [4.69, 9.17) is 0 Å². The third kappa shape index (κ3) is 3.88. The molecule has 3 atom stereocenters. The van der Waals surface area contributed by atoms with E-state index in [1.807, 2.05) is 53.4 Å². The maximum Gasteiger partial charge on any atom is 0.257 e. The largest absolute Gasteiger partial charge is 0.331 e. The van der Waals surface area contributed by atoms with Crippen molar-refractivity contribution < 1.29 is 4.79 Å². The minimum Gasteiger partial charge on any atom is -0.331 e. The smallest absolute Gasteiger partial charge is 0.257 e. The van der Waals surface area contributed by atoms with Gasteiger partial charge in [-0.25, -0.2) is 9.97 Å². The molecule has 5 rings (SSSR count). The number of halogens is 1. The van der Waals surface area contributed by atoms with E-state index in [2.05, 4.69) is 32.7 Å². The average molecular weight is 422 g/mol. The highest BCUT2D eigenvalue weighted by Gasteiger charge is 2.46. The quantitative estimate of drug-likeness (QED) is 0.672. The van der Waals surface area contributed by atoms with E-state index >= 15 is 0 Å². The molecule has 1 amide bonds. The van der Waals surface area contributed by atoms with Gasteiger partial charge in [0.05, 0.1) is 11.6 Å². The van der Waals surface area contributed by atoms with Crippen molar-refractivity contribution in [2.24, 2.45) is 11.8 Å². The molecule has 2 aromatic carbocycles. The normalized spacial score (nSPS) is 22.3. The molecule has 154 valence electrons. The summed E-state index contributed by atoms with van der Waals surface area (Å²) in [6, 6.07) is 20.2. The molecule has 0 radical (unpaired) electrons. The molecule has 30 heavy (non-hydrogen) atoms. The summed E-state index contributed by atoms with van der Waals surface area (Å²) in [5.41, 5.74) is 2.63. The molecule has 2 aliphatic heterocycles. The number of rotatable bonds is 4. The van der Waals surface area contributed by atoms with Gasteiger partial charge in [-0.1, -0.05) is 48.5 Å². The third-order valence-corrected chi connectivity index (χ3v) is 5.90. The van der Waals surface area contributed by atoms with Gasteiger partial charge >= 0.3 is 0 Å². The van der Waals surface area contributed by atoms with E-state index < -0.39 is 0 Å². The number of nitrogens with zero attached hydrogens (tertiary/aromatic N) is 3. The first-order valence-electron chi connectivity index (χ1n) is 10.0. The van der Waals surface area contributed by atoms with Gasteiger partial charge in [-0.05, 0) is 23.6 Å². The lowest BCUT2D eigenvalue weighted by atomic mass is 9.89. The summed E-state index contributed by atoms with van der Waals surface area (Å²) in [4.78, 5) is 24.1. The molecule has 2 saturated heterocycles. The third-order valence-electron chi connectivity index (χ3n) is 5.90. The molecule has 0 bridgehead atoms. The van der Waals surface area contributed by atoms with E-state index in [0.717, 1.165) is 25.3 Å². The summed E-state index contributed by atoms with van der Waals surface area (Å²) in [6.45, 7) is 2.68. The number of anilines is 2. The second kappa shape index (κ2) is 8.81. The predicted octanol–water partition coefficient (Wildman–Crippen LogP) is 3.67. The topological polar surface area (TPSA) is 70.2 Å². The number of benzene rings is 2. The number of fused-ring (bicyclic) bond motifs is 1. The number of carbonyl (C=O) groups excluding carboxylic acids is 1.